The predicted molar refractivity (Wildman–Crippen MR) is 116 cm³/mol. The number of sulfonamides is 1. The van der Waals surface area contributed by atoms with Crippen LogP contribution in [0.15, 0.2) is 65.7 Å². The summed E-state index contributed by atoms with van der Waals surface area (Å²) in [4.78, 5) is 11.0. The minimum atomic E-state index is -3.51. The van der Waals surface area contributed by atoms with Crippen LogP contribution in [0.3, 0.4) is 0 Å². The van der Waals surface area contributed by atoms with Gasteiger partial charge in [-0.2, -0.15) is 9.29 Å². The van der Waals surface area contributed by atoms with E-state index in [0.717, 1.165) is 0 Å². The average molecular weight is 465 g/mol. The second kappa shape index (κ2) is 8.77. The summed E-state index contributed by atoms with van der Waals surface area (Å²) in [7, 11) is -3.51. The van der Waals surface area contributed by atoms with Crippen molar-refractivity contribution in [1.82, 2.24) is 14.3 Å². The van der Waals surface area contributed by atoms with Crippen LogP contribution in [0.1, 0.15) is 0 Å². The Morgan fingerprint density at radius 2 is 1.57 bits per heavy atom. The molecule has 0 atom stereocenters. The Morgan fingerprint density at radius 3 is 2.23 bits per heavy atom. The summed E-state index contributed by atoms with van der Waals surface area (Å²) in [6, 6.07) is 15.0. The summed E-state index contributed by atoms with van der Waals surface area (Å²) >= 11 is 12.0. The van der Waals surface area contributed by atoms with Gasteiger partial charge in [0, 0.05) is 48.5 Å². The molecule has 1 saturated heterocycles. The van der Waals surface area contributed by atoms with Gasteiger partial charge in [-0.1, -0.05) is 41.4 Å². The molecule has 10 heteroatoms. The molecule has 1 fully saturated rings. The Morgan fingerprint density at radius 1 is 0.900 bits per heavy atom. The number of piperazine rings is 1. The largest absolute Gasteiger partial charge is 0.439 e. The standard InChI is InChI=1S/C20H18Cl2N4O3S/c21-15-12-16(22)14-17(13-15)29-19-6-7-23-20(24-19)25-8-10-26(11-9-25)30(27,28)18-4-2-1-3-5-18/h1-7,12-14H,8-11H2. The molecule has 3 aromatic rings. The maximum atomic E-state index is 12.8. The smallest absolute Gasteiger partial charge is 0.243 e. The zero-order valence-corrected chi connectivity index (χ0v) is 18.1. The molecule has 0 aliphatic carbocycles. The summed E-state index contributed by atoms with van der Waals surface area (Å²) in [6.45, 7) is 1.63. The fourth-order valence-electron chi connectivity index (χ4n) is 3.12. The van der Waals surface area contributed by atoms with Gasteiger partial charge in [-0.15, -0.1) is 0 Å². The quantitative estimate of drug-likeness (QED) is 0.565. The van der Waals surface area contributed by atoms with Gasteiger partial charge in [-0.05, 0) is 30.3 Å². The summed E-state index contributed by atoms with van der Waals surface area (Å²) < 4.78 is 32.8. The molecule has 1 aliphatic heterocycles. The summed E-state index contributed by atoms with van der Waals surface area (Å²) in [5.74, 6) is 1.28. The van der Waals surface area contributed by atoms with Crippen molar-refractivity contribution in [3.63, 3.8) is 0 Å². The van der Waals surface area contributed by atoms with E-state index in [2.05, 4.69) is 9.97 Å². The maximum absolute atomic E-state index is 12.8. The number of nitrogens with zero attached hydrogens (tertiary/aromatic N) is 4. The molecule has 156 valence electrons. The second-order valence-corrected chi connectivity index (χ2v) is 9.42. The second-order valence-electron chi connectivity index (χ2n) is 6.61. The monoisotopic (exact) mass is 464 g/mol. The molecule has 7 nitrogen and oxygen atoms in total. The molecular formula is C20H18Cl2N4O3S. The predicted octanol–water partition coefficient (Wildman–Crippen LogP) is 4.09. The number of halogens is 2. The summed E-state index contributed by atoms with van der Waals surface area (Å²) in [6.07, 6.45) is 1.59. The van der Waals surface area contributed by atoms with Gasteiger partial charge in [0.25, 0.3) is 0 Å². The minimum Gasteiger partial charge on any atom is -0.439 e. The lowest BCUT2D eigenvalue weighted by molar-refractivity contribution is 0.381. The maximum Gasteiger partial charge on any atom is 0.243 e. The van der Waals surface area contributed by atoms with E-state index in [0.29, 0.717) is 58.7 Å². The molecule has 0 N–H and O–H groups in total. The number of benzene rings is 2. The number of hydrogen-bond donors (Lipinski definition) is 0. The van der Waals surface area contributed by atoms with Crippen LogP contribution in [0.25, 0.3) is 0 Å². The van der Waals surface area contributed by atoms with Crippen LogP contribution in [0.4, 0.5) is 5.95 Å². The zero-order valence-electron chi connectivity index (χ0n) is 15.8. The molecule has 0 unspecified atom stereocenters. The van der Waals surface area contributed by atoms with Gasteiger partial charge in [-0.3, -0.25) is 0 Å². The highest BCUT2D eigenvalue weighted by molar-refractivity contribution is 7.89. The van der Waals surface area contributed by atoms with Crippen molar-refractivity contribution < 1.29 is 13.2 Å². The van der Waals surface area contributed by atoms with Crippen LogP contribution in [0, 0.1) is 0 Å². The average Bonchev–Trinajstić information content (AvgIpc) is 2.74. The topological polar surface area (TPSA) is 75.6 Å². The van der Waals surface area contributed by atoms with E-state index in [-0.39, 0.29) is 0 Å². The van der Waals surface area contributed by atoms with Gasteiger partial charge in [0.15, 0.2) is 0 Å². The lowest BCUT2D eigenvalue weighted by atomic mass is 10.3. The molecule has 0 bridgehead atoms. The van der Waals surface area contributed by atoms with E-state index in [1.807, 2.05) is 4.90 Å². The Balaban J connectivity index is 1.44. The number of aromatic nitrogens is 2. The van der Waals surface area contributed by atoms with E-state index in [4.69, 9.17) is 27.9 Å². The number of rotatable bonds is 5. The zero-order chi connectivity index (χ0) is 21.1. The molecule has 0 amide bonds. The molecule has 2 aromatic carbocycles. The van der Waals surface area contributed by atoms with Crippen molar-refractivity contribution in [3.8, 4) is 11.6 Å². The van der Waals surface area contributed by atoms with Crippen LogP contribution in [-0.4, -0.2) is 48.9 Å². The normalized spacial score (nSPS) is 15.2. The van der Waals surface area contributed by atoms with Gasteiger partial charge < -0.3 is 9.64 Å². The first-order chi connectivity index (χ1) is 14.4. The van der Waals surface area contributed by atoms with Crippen LogP contribution in [0.2, 0.25) is 10.0 Å². The highest BCUT2D eigenvalue weighted by atomic mass is 35.5. The van der Waals surface area contributed by atoms with Gasteiger partial charge in [-0.25, -0.2) is 13.4 Å². The van der Waals surface area contributed by atoms with Crippen LogP contribution < -0.4 is 9.64 Å². The van der Waals surface area contributed by atoms with E-state index in [1.54, 1.807) is 60.8 Å². The van der Waals surface area contributed by atoms with Crippen molar-refractivity contribution in [2.24, 2.45) is 0 Å². The van der Waals surface area contributed by atoms with E-state index in [9.17, 15) is 8.42 Å². The van der Waals surface area contributed by atoms with Crippen LogP contribution in [0.5, 0.6) is 11.6 Å². The molecule has 0 spiro atoms. The van der Waals surface area contributed by atoms with Gasteiger partial charge in [0.05, 0.1) is 4.90 Å². The lowest BCUT2D eigenvalue weighted by Gasteiger charge is -2.34. The minimum absolute atomic E-state index is 0.297. The van der Waals surface area contributed by atoms with Crippen molar-refractivity contribution in [1.29, 1.82) is 0 Å². The van der Waals surface area contributed by atoms with E-state index in [1.165, 1.54) is 4.31 Å². The van der Waals surface area contributed by atoms with Crippen LogP contribution >= 0.6 is 23.2 Å². The van der Waals surface area contributed by atoms with Crippen molar-refractivity contribution in [2.75, 3.05) is 31.1 Å². The number of hydrogen-bond acceptors (Lipinski definition) is 6. The molecule has 1 aliphatic rings. The molecule has 1 aromatic heterocycles. The third-order valence-corrected chi connectivity index (χ3v) is 6.93. The fraction of sp³-hybridized carbons (Fsp3) is 0.200. The molecule has 0 radical (unpaired) electrons. The third-order valence-electron chi connectivity index (χ3n) is 4.58. The van der Waals surface area contributed by atoms with Gasteiger partial charge in [0.2, 0.25) is 21.9 Å². The molecule has 2 heterocycles. The highest BCUT2D eigenvalue weighted by Gasteiger charge is 2.29. The van der Waals surface area contributed by atoms with Gasteiger partial charge >= 0.3 is 0 Å². The Bertz CT molecular complexity index is 1120. The summed E-state index contributed by atoms with van der Waals surface area (Å²) in [5.41, 5.74) is 0. The molecule has 30 heavy (non-hydrogen) atoms. The van der Waals surface area contributed by atoms with Crippen molar-refractivity contribution in [3.05, 3.63) is 70.8 Å². The van der Waals surface area contributed by atoms with Crippen molar-refractivity contribution >= 4 is 39.2 Å². The SMILES string of the molecule is O=S(=O)(c1ccccc1)N1CCN(c2nccc(Oc3cc(Cl)cc(Cl)c3)n2)CC1. The first-order valence-electron chi connectivity index (χ1n) is 9.19. The molecule has 0 saturated carbocycles. The lowest BCUT2D eigenvalue weighted by Crippen LogP contribution is -2.49. The van der Waals surface area contributed by atoms with Gasteiger partial charge in [0.1, 0.15) is 5.75 Å². The first kappa shape index (κ1) is 20.9. The van der Waals surface area contributed by atoms with E-state index >= 15 is 0 Å². The first-order valence-corrected chi connectivity index (χ1v) is 11.4. The van der Waals surface area contributed by atoms with E-state index < -0.39 is 10.0 Å². The van der Waals surface area contributed by atoms with Crippen LogP contribution in [-0.2, 0) is 10.0 Å². The fourth-order valence-corrected chi connectivity index (χ4v) is 5.07. The number of anilines is 1. The number of ether oxygens (including phenoxy) is 1. The Hall–Kier alpha value is -2.39. The molecular weight excluding hydrogens is 447 g/mol. The molecule has 4 rings (SSSR count). The van der Waals surface area contributed by atoms with Crippen molar-refractivity contribution in [2.45, 2.75) is 4.90 Å². The highest BCUT2D eigenvalue weighted by Crippen LogP contribution is 2.28. The third kappa shape index (κ3) is 4.67. The Kier molecular flexibility index (Phi) is 6.10. The summed E-state index contributed by atoms with van der Waals surface area (Å²) in [5, 5.41) is 0.921. The Labute approximate surface area is 184 Å².